The van der Waals surface area contributed by atoms with Crippen molar-refractivity contribution in [2.75, 3.05) is 0 Å². The van der Waals surface area contributed by atoms with Gasteiger partial charge >= 0.3 is 36.4 Å². The number of carbonyl (C=O) groups is 6. The molecule has 0 bridgehead atoms. The summed E-state index contributed by atoms with van der Waals surface area (Å²) in [6, 6.07) is 49.1. The molecule has 3 aliphatic carbocycles. The van der Waals surface area contributed by atoms with Crippen LogP contribution in [0.25, 0.3) is 33.4 Å². The van der Waals surface area contributed by atoms with E-state index >= 15 is 0 Å². The Morgan fingerprint density at radius 1 is 0.289 bits per heavy atom. The number of hydrogen-bond donors (Lipinski definition) is 0. The molecule has 0 spiro atoms. The van der Waals surface area contributed by atoms with E-state index in [4.69, 9.17) is 43.5 Å². The summed E-state index contributed by atoms with van der Waals surface area (Å²) in [5.41, 5.74) is 5.81. The fourth-order valence-corrected chi connectivity index (χ4v) is 11.1. The van der Waals surface area contributed by atoms with Crippen molar-refractivity contribution in [2.45, 2.75) is 95.4 Å². The average molecular weight is 1030 g/mol. The summed E-state index contributed by atoms with van der Waals surface area (Å²) in [6.45, 7) is 0. The van der Waals surface area contributed by atoms with Gasteiger partial charge in [0.25, 0.3) is 0 Å². The van der Waals surface area contributed by atoms with Gasteiger partial charge in [0.05, 0.1) is 16.7 Å². The fraction of sp³-hybridized carbons (Fsp3) is 0.311. The van der Waals surface area contributed by atoms with Gasteiger partial charge in [0.2, 0.25) is 0 Å². The second-order valence-corrected chi connectivity index (χ2v) is 19.5. The van der Waals surface area contributed by atoms with E-state index < -0.39 is 54.7 Å². The molecule has 6 aromatic carbocycles. The van der Waals surface area contributed by atoms with Crippen molar-refractivity contribution < 1.29 is 72.3 Å². The first-order chi connectivity index (χ1) is 37.1. The van der Waals surface area contributed by atoms with Gasteiger partial charge in [-0.25, -0.2) is 43.7 Å². The maximum absolute atomic E-state index is 12.8. The number of rotatable bonds is 12. The Balaban J connectivity index is 0.763. The van der Waals surface area contributed by atoms with Crippen LogP contribution in [0.15, 0.2) is 164 Å². The highest BCUT2D eigenvalue weighted by Crippen LogP contribution is 2.48. The molecule has 76 heavy (non-hydrogen) atoms. The Morgan fingerprint density at radius 2 is 0.539 bits per heavy atom. The van der Waals surface area contributed by atoms with E-state index in [0.717, 1.165) is 71.9 Å². The predicted octanol–water partition coefficient (Wildman–Crippen LogP) is 14.1. The summed E-state index contributed by atoms with van der Waals surface area (Å²) < 4.78 is 16.9. The van der Waals surface area contributed by atoms with E-state index in [-0.39, 0.29) is 40.4 Å². The van der Waals surface area contributed by atoms with Gasteiger partial charge in [-0.1, -0.05) is 127 Å². The molecule has 15 nitrogen and oxygen atoms in total. The van der Waals surface area contributed by atoms with Gasteiger partial charge in [-0.3, -0.25) is 0 Å². The third-order valence-electron chi connectivity index (χ3n) is 14.8. The molecule has 0 atom stereocenters. The summed E-state index contributed by atoms with van der Waals surface area (Å²) in [7, 11) is 0. The van der Waals surface area contributed by atoms with Crippen molar-refractivity contribution >= 4 is 36.4 Å². The Labute approximate surface area is 440 Å². The van der Waals surface area contributed by atoms with E-state index in [0.29, 0.717) is 38.5 Å². The third kappa shape index (κ3) is 14.2. The molecule has 392 valence electrons. The molecule has 0 N–H and O–H groups in total. The maximum atomic E-state index is 12.8. The quantitative estimate of drug-likeness (QED) is 0.0487. The van der Waals surface area contributed by atoms with Crippen LogP contribution in [0.1, 0.15) is 108 Å². The SMILES string of the molecule is O=C(OOC(=O)c1cccc(-c2ccccc2)c1)OC1CCC(C(C2CCC(OC(=O)OOC(=O)c3cccc(-c4ccccc4)c3)CC2)C2CCC(OC(=O)OOC(=O)c3cccc(-c4ccccc4)c3)CC2)CC1. The molecule has 0 aromatic heterocycles. The van der Waals surface area contributed by atoms with Crippen LogP contribution in [0.2, 0.25) is 0 Å². The molecule has 0 radical (unpaired) electrons. The van der Waals surface area contributed by atoms with E-state index in [2.05, 4.69) is 0 Å². The Kier molecular flexibility index (Phi) is 17.7. The minimum absolute atomic E-state index is 0.214. The summed E-state index contributed by atoms with van der Waals surface area (Å²) in [6.07, 6.45) is 3.38. The van der Waals surface area contributed by atoms with Gasteiger partial charge < -0.3 is 14.2 Å². The smallest absolute Gasteiger partial charge is 0.428 e. The van der Waals surface area contributed by atoms with Gasteiger partial charge in [-0.2, -0.15) is 14.4 Å². The molecule has 9 rings (SSSR count). The molecule has 0 heterocycles. The Bertz CT molecular complexity index is 2600. The van der Waals surface area contributed by atoms with E-state index in [9.17, 15) is 28.8 Å². The minimum atomic E-state index is -1.10. The van der Waals surface area contributed by atoms with Crippen molar-refractivity contribution in [1.82, 2.24) is 0 Å². The number of ether oxygens (including phenoxy) is 3. The molecular formula is C61H58O15. The Morgan fingerprint density at radius 3 is 0.803 bits per heavy atom. The lowest BCUT2D eigenvalue weighted by Gasteiger charge is -2.45. The summed E-state index contributed by atoms with van der Waals surface area (Å²) >= 11 is 0. The van der Waals surface area contributed by atoms with Crippen LogP contribution in [0.5, 0.6) is 0 Å². The lowest BCUT2D eigenvalue weighted by molar-refractivity contribution is -0.209. The highest BCUT2D eigenvalue weighted by atomic mass is 17.2. The fourth-order valence-electron chi connectivity index (χ4n) is 11.1. The highest BCUT2D eigenvalue weighted by Gasteiger charge is 2.42. The normalized spacial score (nSPS) is 20.5. The molecule has 15 heteroatoms. The van der Waals surface area contributed by atoms with Crippen LogP contribution in [-0.4, -0.2) is 54.7 Å². The molecule has 3 saturated carbocycles. The molecule has 0 saturated heterocycles. The lowest BCUT2D eigenvalue weighted by atomic mass is 9.61. The first-order valence-electron chi connectivity index (χ1n) is 25.9. The van der Waals surface area contributed by atoms with Crippen molar-refractivity contribution in [3.8, 4) is 33.4 Å². The van der Waals surface area contributed by atoms with Gasteiger partial charge in [0.1, 0.15) is 18.3 Å². The zero-order valence-electron chi connectivity index (χ0n) is 41.7. The maximum Gasteiger partial charge on any atom is 0.550 e. The standard InChI is InChI=1S/C61H58O15/c62-56(49-22-10-19-46(37-49)40-13-4-1-5-14-40)71-74-59(65)68-52-31-25-43(26-32-52)55(44-27-33-53(34-28-44)69-60(66)75-72-57(63)50-23-11-20-47(38-50)41-15-6-2-7-16-41)45-29-35-54(36-30-45)70-61(67)76-73-58(64)51-24-12-21-48(39-51)42-17-8-3-9-18-42/h1-24,37-39,43-45,52-55H,25-36H2. The predicted molar refractivity (Wildman–Crippen MR) is 275 cm³/mol. The van der Waals surface area contributed by atoms with E-state index in [1.807, 2.05) is 109 Å². The first-order valence-corrected chi connectivity index (χ1v) is 25.9. The summed E-state index contributed by atoms with van der Waals surface area (Å²) in [5, 5.41) is 0. The molecule has 0 aliphatic heterocycles. The second kappa shape index (κ2) is 25.7. The van der Waals surface area contributed by atoms with Crippen LogP contribution in [0, 0.1) is 23.7 Å². The lowest BCUT2D eigenvalue weighted by Crippen LogP contribution is -2.39. The van der Waals surface area contributed by atoms with E-state index in [1.165, 1.54) is 0 Å². The molecular weight excluding hydrogens is 973 g/mol. The molecule has 6 aromatic rings. The largest absolute Gasteiger partial charge is 0.550 e. The van der Waals surface area contributed by atoms with Crippen LogP contribution in [-0.2, 0) is 43.5 Å². The van der Waals surface area contributed by atoms with Gasteiger partial charge in [-0.15, -0.1) is 0 Å². The number of carbonyl (C=O) groups excluding carboxylic acids is 6. The van der Waals surface area contributed by atoms with Crippen molar-refractivity contribution in [3.05, 3.63) is 180 Å². The van der Waals surface area contributed by atoms with Crippen molar-refractivity contribution in [1.29, 1.82) is 0 Å². The van der Waals surface area contributed by atoms with Crippen LogP contribution < -0.4 is 0 Å². The van der Waals surface area contributed by atoms with Crippen LogP contribution in [0.4, 0.5) is 14.4 Å². The number of benzene rings is 6. The number of hydrogen-bond acceptors (Lipinski definition) is 15. The van der Waals surface area contributed by atoms with Gasteiger partial charge in [-0.05, 0) is 171 Å². The monoisotopic (exact) mass is 1030 g/mol. The third-order valence-corrected chi connectivity index (χ3v) is 14.8. The topological polar surface area (TPSA) is 185 Å². The van der Waals surface area contributed by atoms with Gasteiger partial charge in [0.15, 0.2) is 0 Å². The second-order valence-electron chi connectivity index (χ2n) is 19.5. The summed E-state index contributed by atoms with van der Waals surface area (Å²) in [4.78, 5) is 106. The van der Waals surface area contributed by atoms with E-state index in [1.54, 1.807) is 54.6 Å². The highest BCUT2D eigenvalue weighted by molar-refractivity contribution is 5.92. The molecule has 3 aliphatic rings. The van der Waals surface area contributed by atoms with Crippen molar-refractivity contribution in [3.63, 3.8) is 0 Å². The van der Waals surface area contributed by atoms with Gasteiger partial charge in [0, 0.05) is 0 Å². The zero-order chi connectivity index (χ0) is 52.6. The van der Waals surface area contributed by atoms with Crippen molar-refractivity contribution in [2.24, 2.45) is 23.7 Å². The molecule has 0 unspecified atom stereocenters. The first kappa shape index (κ1) is 52.4. The van der Waals surface area contributed by atoms with Crippen LogP contribution >= 0.6 is 0 Å². The van der Waals surface area contributed by atoms with Crippen LogP contribution in [0.3, 0.4) is 0 Å². The molecule has 0 amide bonds. The minimum Gasteiger partial charge on any atom is -0.428 e. The molecule has 3 fully saturated rings. The summed E-state index contributed by atoms with van der Waals surface area (Å²) in [5.74, 6) is -1.43. The Hall–Kier alpha value is -8.46. The zero-order valence-corrected chi connectivity index (χ0v) is 41.7. The average Bonchev–Trinajstić information content (AvgIpc) is 3.48.